The van der Waals surface area contributed by atoms with Gasteiger partial charge >= 0.3 is 0 Å². The number of benzene rings is 2. The summed E-state index contributed by atoms with van der Waals surface area (Å²) in [7, 11) is 0. The molecule has 8 heteroatoms. The highest BCUT2D eigenvalue weighted by atomic mass is 32.2. The Morgan fingerprint density at radius 3 is 2.64 bits per heavy atom. The normalized spacial score (nSPS) is 10.6. The Labute approximate surface area is 147 Å². The van der Waals surface area contributed by atoms with Gasteiger partial charge in [-0.15, -0.1) is 10.2 Å². The molecular weight excluding hydrogens is 340 g/mol. The van der Waals surface area contributed by atoms with Gasteiger partial charge in [0.1, 0.15) is 5.82 Å². The Morgan fingerprint density at radius 1 is 1.16 bits per heavy atom. The molecule has 0 spiro atoms. The molecule has 0 atom stereocenters. The van der Waals surface area contributed by atoms with Gasteiger partial charge in [0, 0.05) is 23.4 Å². The fourth-order valence-corrected chi connectivity index (χ4v) is 3.21. The minimum absolute atomic E-state index is 0.0980. The number of thioether (sulfide) groups is 1. The standard InChI is InChI=1S/C17H14N4O3S/c1-12-18-19-17(20(12)14-7-3-2-4-8-14)25-11-16(22)13-6-5-9-15(10-13)21(23)24/h2-10H,11H2,1H3. The number of aromatic nitrogens is 3. The number of carbonyl (C=O) groups is 1. The number of nitro benzene ring substituents is 1. The smallest absolute Gasteiger partial charge is 0.270 e. The quantitative estimate of drug-likeness (QED) is 0.291. The van der Waals surface area contributed by atoms with Crippen molar-refractivity contribution >= 4 is 23.2 Å². The molecule has 0 fully saturated rings. The van der Waals surface area contributed by atoms with E-state index in [9.17, 15) is 14.9 Å². The van der Waals surface area contributed by atoms with Crippen LogP contribution in [0.2, 0.25) is 0 Å². The molecule has 0 unspecified atom stereocenters. The van der Waals surface area contributed by atoms with Crippen LogP contribution in [-0.4, -0.2) is 31.2 Å². The lowest BCUT2D eigenvalue weighted by atomic mass is 10.1. The number of carbonyl (C=O) groups excluding carboxylic acids is 1. The summed E-state index contributed by atoms with van der Waals surface area (Å²) in [5.74, 6) is 0.636. The number of ketones is 1. The molecule has 7 nitrogen and oxygen atoms in total. The van der Waals surface area contributed by atoms with Gasteiger partial charge in [0.15, 0.2) is 10.9 Å². The summed E-state index contributed by atoms with van der Waals surface area (Å²) in [5, 5.41) is 19.6. The second-order valence-electron chi connectivity index (χ2n) is 5.22. The molecule has 3 aromatic rings. The average Bonchev–Trinajstić information content (AvgIpc) is 3.01. The maximum atomic E-state index is 12.3. The van der Waals surface area contributed by atoms with E-state index in [1.807, 2.05) is 41.8 Å². The molecular formula is C17H14N4O3S. The summed E-state index contributed by atoms with van der Waals surface area (Å²) in [6, 6.07) is 15.3. The summed E-state index contributed by atoms with van der Waals surface area (Å²) in [6.45, 7) is 1.84. The van der Waals surface area contributed by atoms with E-state index in [0.29, 0.717) is 10.7 Å². The largest absolute Gasteiger partial charge is 0.293 e. The van der Waals surface area contributed by atoms with E-state index in [-0.39, 0.29) is 17.2 Å². The molecule has 0 radical (unpaired) electrons. The molecule has 0 aliphatic carbocycles. The van der Waals surface area contributed by atoms with Gasteiger partial charge in [0.2, 0.25) is 0 Å². The van der Waals surface area contributed by atoms with Gasteiger partial charge in [-0.3, -0.25) is 19.5 Å². The van der Waals surface area contributed by atoms with Crippen LogP contribution >= 0.6 is 11.8 Å². The van der Waals surface area contributed by atoms with Gasteiger partial charge < -0.3 is 0 Å². The lowest BCUT2D eigenvalue weighted by Crippen LogP contribution is -2.05. The van der Waals surface area contributed by atoms with Gasteiger partial charge in [-0.25, -0.2) is 0 Å². The Bertz CT molecular complexity index is 925. The second kappa shape index (κ2) is 7.27. The van der Waals surface area contributed by atoms with Crippen LogP contribution < -0.4 is 0 Å². The van der Waals surface area contributed by atoms with Crippen molar-refractivity contribution in [2.75, 3.05) is 5.75 Å². The maximum Gasteiger partial charge on any atom is 0.270 e. The molecule has 25 heavy (non-hydrogen) atoms. The molecule has 0 saturated heterocycles. The minimum atomic E-state index is -0.515. The lowest BCUT2D eigenvalue weighted by Gasteiger charge is -2.07. The highest BCUT2D eigenvalue weighted by Crippen LogP contribution is 2.23. The highest BCUT2D eigenvalue weighted by molar-refractivity contribution is 7.99. The number of hydrogen-bond acceptors (Lipinski definition) is 6. The summed E-state index contributed by atoms with van der Waals surface area (Å²) in [6.07, 6.45) is 0. The molecule has 0 aliphatic heterocycles. The summed E-state index contributed by atoms with van der Waals surface area (Å²) in [5.41, 5.74) is 1.12. The second-order valence-corrected chi connectivity index (χ2v) is 6.16. The van der Waals surface area contributed by atoms with Gasteiger partial charge in [0.05, 0.1) is 10.7 Å². The van der Waals surface area contributed by atoms with Crippen LogP contribution in [0.1, 0.15) is 16.2 Å². The molecule has 0 bridgehead atoms. The van der Waals surface area contributed by atoms with Crippen LogP contribution in [-0.2, 0) is 0 Å². The van der Waals surface area contributed by atoms with E-state index in [1.54, 1.807) is 6.07 Å². The molecule has 1 aromatic heterocycles. The zero-order chi connectivity index (χ0) is 17.8. The monoisotopic (exact) mass is 354 g/mol. The lowest BCUT2D eigenvalue weighted by molar-refractivity contribution is -0.384. The van der Waals surface area contributed by atoms with Crippen LogP contribution in [0.5, 0.6) is 0 Å². The molecule has 0 saturated carbocycles. The average molecular weight is 354 g/mol. The molecule has 0 aliphatic rings. The number of hydrogen-bond donors (Lipinski definition) is 0. The topological polar surface area (TPSA) is 90.9 Å². The van der Waals surface area contributed by atoms with Gasteiger partial charge in [-0.1, -0.05) is 42.1 Å². The first-order valence-corrected chi connectivity index (χ1v) is 8.42. The number of nitrogens with zero attached hydrogens (tertiary/aromatic N) is 4. The van der Waals surface area contributed by atoms with Gasteiger partial charge in [-0.2, -0.15) is 0 Å². The van der Waals surface area contributed by atoms with Crippen LogP contribution in [0.15, 0.2) is 59.8 Å². The van der Waals surface area contributed by atoms with Crippen molar-refractivity contribution < 1.29 is 9.72 Å². The number of rotatable bonds is 6. The fraction of sp³-hybridized carbons (Fsp3) is 0.118. The Balaban J connectivity index is 1.78. The van der Waals surface area contributed by atoms with E-state index in [4.69, 9.17) is 0 Å². The third kappa shape index (κ3) is 3.74. The summed E-state index contributed by atoms with van der Waals surface area (Å²) in [4.78, 5) is 22.7. The number of para-hydroxylation sites is 1. The molecule has 126 valence electrons. The molecule has 3 rings (SSSR count). The molecule has 2 aromatic carbocycles. The summed E-state index contributed by atoms with van der Waals surface area (Å²) < 4.78 is 1.87. The third-order valence-electron chi connectivity index (χ3n) is 3.52. The highest BCUT2D eigenvalue weighted by Gasteiger charge is 2.15. The van der Waals surface area contributed by atoms with Crippen LogP contribution in [0, 0.1) is 17.0 Å². The first kappa shape index (κ1) is 16.8. The minimum Gasteiger partial charge on any atom is -0.293 e. The van der Waals surface area contributed by atoms with Gasteiger partial charge in [0.25, 0.3) is 5.69 Å². The first-order chi connectivity index (χ1) is 12.1. The van der Waals surface area contributed by atoms with Crippen molar-refractivity contribution in [3.8, 4) is 5.69 Å². The third-order valence-corrected chi connectivity index (χ3v) is 4.45. The van der Waals surface area contributed by atoms with Crippen LogP contribution in [0.25, 0.3) is 5.69 Å². The zero-order valence-electron chi connectivity index (χ0n) is 13.3. The van der Waals surface area contributed by atoms with E-state index in [1.165, 1.54) is 30.0 Å². The SMILES string of the molecule is Cc1nnc(SCC(=O)c2cccc([N+](=O)[O-])c2)n1-c1ccccc1. The fourth-order valence-electron chi connectivity index (χ4n) is 2.32. The first-order valence-electron chi connectivity index (χ1n) is 7.44. The molecule has 0 amide bonds. The van der Waals surface area contributed by atoms with Crippen molar-refractivity contribution in [2.45, 2.75) is 12.1 Å². The molecule has 0 N–H and O–H groups in total. The van der Waals surface area contributed by atoms with Crippen molar-refractivity contribution in [1.82, 2.24) is 14.8 Å². The Morgan fingerprint density at radius 2 is 1.92 bits per heavy atom. The number of aryl methyl sites for hydroxylation is 1. The Hall–Kier alpha value is -3.00. The molecule has 1 heterocycles. The predicted octanol–water partition coefficient (Wildman–Crippen LogP) is 3.46. The van der Waals surface area contributed by atoms with Gasteiger partial charge in [-0.05, 0) is 19.1 Å². The van der Waals surface area contributed by atoms with Crippen molar-refractivity contribution in [3.63, 3.8) is 0 Å². The van der Waals surface area contributed by atoms with E-state index >= 15 is 0 Å². The van der Waals surface area contributed by atoms with Crippen molar-refractivity contribution in [1.29, 1.82) is 0 Å². The van der Waals surface area contributed by atoms with E-state index < -0.39 is 4.92 Å². The predicted molar refractivity (Wildman–Crippen MR) is 94.2 cm³/mol. The number of Topliss-reactive ketones (excluding diaryl/α,β-unsaturated/α-hetero) is 1. The van der Waals surface area contributed by atoms with E-state index in [0.717, 1.165) is 11.5 Å². The number of non-ortho nitro benzene ring substituents is 1. The van der Waals surface area contributed by atoms with Crippen LogP contribution in [0.4, 0.5) is 5.69 Å². The zero-order valence-corrected chi connectivity index (χ0v) is 14.1. The Kier molecular flexibility index (Phi) is 4.90. The summed E-state index contributed by atoms with van der Waals surface area (Å²) >= 11 is 1.25. The van der Waals surface area contributed by atoms with Crippen molar-refractivity contribution in [2.24, 2.45) is 0 Å². The van der Waals surface area contributed by atoms with E-state index in [2.05, 4.69) is 10.2 Å². The van der Waals surface area contributed by atoms with Crippen LogP contribution in [0.3, 0.4) is 0 Å². The van der Waals surface area contributed by atoms with Crippen molar-refractivity contribution in [3.05, 3.63) is 76.1 Å². The number of nitro groups is 1. The maximum absolute atomic E-state index is 12.3.